The van der Waals surface area contributed by atoms with Crippen LogP contribution in [0.4, 0.5) is 5.13 Å². The van der Waals surface area contributed by atoms with Crippen LogP contribution in [-0.2, 0) is 16.0 Å². The maximum absolute atomic E-state index is 12.1. The maximum atomic E-state index is 12.1. The second-order valence-electron chi connectivity index (χ2n) is 4.91. The summed E-state index contributed by atoms with van der Waals surface area (Å²) < 4.78 is 4.86. The van der Waals surface area contributed by atoms with Crippen LogP contribution in [0.1, 0.15) is 34.1 Å². The van der Waals surface area contributed by atoms with E-state index in [-0.39, 0.29) is 18.0 Å². The van der Waals surface area contributed by atoms with E-state index in [0.717, 1.165) is 11.1 Å². The van der Waals surface area contributed by atoms with Gasteiger partial charge in [0.1, 0.15) is 0 Å². The number of nitrogens with zero attached hydrogens (tertiary/aromatic N) is 1. The molecule has 1 aromatic carbocycles. The Kier molecular flexibility index (Phi) is 5.27. The van der Waals surface area contributed by atoms with E-state index in [1.165, 1.54) is 16.9 Å². The van der Waals surface area contributed by atoms with E-state index in [1.54, 1.807) is 12.3 Å². The van der Waals surface area contributed by atoms with Crippen molar-refractivity contribution >= 4 is 28.3 Å². The lowest BCUT2D eigenvalue weighted by atomic mass is 10.0. The molecule has 2 rings (SSSR count). The molecule has 0 saturated carbocycles. The van der Waals surface area contributed by atoms with Crippen LogP contribution in [0, 0.1) is 13.8 Å². The number of benzene rings is 1. The van der Waals surface area contributed by atoms with Gasteiger partial charge in [0.25, 0.3) is 0 Å². The molecule has 1 amide bonds. The quantitative estimate of drug-likeness (QED) is 0.860. The maximum Gasteiger partial charge on any atom is 0.357 e. The smallest absolute Gasteiger partial charge is 0.357 e. The molecule has 0 fully saturated rings. The standard InChI is InChI=1S/C16H18N2O3S/c1-4-21-15(20)13-9-22-16(17-13)18-14(19)8-12-6-5-10(2)7-11(12)3/h5-7,9H,4,8H2,1-3H3,(H,17,18,19). The second kappa shape index (κ2) is 7.17. The summed E-state index contributed by atoms with van der Waals surface area (Å²) in [6, 6.07) is 5.98. The molecule has 0 radical (unpaired) electrons. The Bertz CT molecular complexity index is 694. The van der Waals surface area contributed by atoms with E-state index < -0.39 is 5.97 Å². The number of nitrogens with one attached hydrogen (secondary N) is 1. The van der Waals surface area contributed by atoms with Crippen molar-refractivity contribution < 1.29 is 14.3 Å². The fourth-order valence-electron chi connectivity index (χ4n) is 2.01. The summed E-state index contributed by atoms with van der Waals surface area (Å²) in [7, 11) is 0. The largest absolute Gasteiger partial charge is 0.461 e. The molecule has 1 heterocycles. The number of esters is 1. The highest BCUT2D eigenvalue weighted by molar-refractivity contribution is 7.14. The van der Waals surface area contributed by atoms with Crippen LogP contribution in [0.3, 0.4) is 0 Å². The molecule has 0 saturated heterocycles. The molecular formula is C16H18N2O3S. The first-order valence-electron chi connectivity index (χ1n) is 6.98. The van der Waals surface area contributed by atoms with Crippen LogP contribution in [0.5, 0.6) is 0 Å². The van der Waals surface area contributed by atoms with Gasteiger partial charge in [-0.25, -0.2) is 9.78 Å². The van der Waals surface area contributed by atoms with E-state index in [2.05, 4.69) is 10.3 Å². The Balaban J connectivity index is 1.99. The van der Waals surface area contributed by atoms with Gasteiger partial charge in [-0.05, 0) is 31.9 Å². The van der Waals surface area contributed by atoms with Crippen molar-refractivity contribution in [1.82, 2.24) is 4.98 Å². The molecule has 0 spiro atoms. The molecule has 2 aromatic rings. The van der Waals surface area contributed by atoms with Gasteiger partial charge in [0.15, 0.2) is 10.8 Å². The minimum absolute atomic E-state index is 0.156. The zero-order valence-electron chi connectivity index (χ0n) is 12.8. The first-order valence-corrected chi connectivity index (χ1v) is 7.86. The number of carbonyl (C=O) groups excluding carboxylic acids is 2. The Morgan fingerprint density at radius 2 is 2.09 bits per heavy atom. The Labute approximate surface area is 133 Å². The van der Waals surface area contributed by atoms with E-state index in [9.17, 15) is 9.59 Å². The lowest BCUT2D eigenvalue weighted by molar-refractivity contribution is -0.115. The molecule has 0 unspecified atom stereocenters. The molecular weight excluding hydrogens is 300 g/mol. The Hall–Kier alpha value is -2.21. The first-order chi connectivity index (χ1) is 10.5. The normalized spacial score (nSPS) is 10.3. The summed E-state index contributed by atoms with van der Waals surface area (Å²) in [5.41, 5.74) is 3.45. The lowest BCUT2D eigenvalue weighted by Gasteiger charge is -2.06. The molecule has 0 aliphatic carbocycles. The third-order valence-electron chi connectivity index (χ3n) is 3.08. The molecule has 0 atom stereocenters. The zero-order chi connectivity index (χ0) is 16.1. The Morgan fingerprint density at radius 1 is 1.32 bits per heavy atom. The fraction of sp³-hybridized carbons (Fsp3) is 0.312. The van der Waals surface area contributed by atoms with Gasteiger partial charge in [0, 0.05) is 5.38 Å². The van der Waals surface area contributed by atoms with Crippen molar-refractivity contribution in [2.24, 2.45) is 0 Å². The number of rotatable bonds is 5. The molecule has 0 bridgehead atoms. The number of carbonyl (C=O) groups is 2. The minimum atomic E-state index is -0.478. The highest BCUT2D eigenvalue weighted by Crippen LogP contribution is 2.17. The molecule has 116 valence electrons. The molecule has 1 aromatic heterocycles. The van der Waals surface area contributed by atoms with Crippen molar-refractivity contribution in [2.45, 2.75) is 27.2 Å². The molecule has 0 aliphatic heterocycles. The third kappa shape index (κ3) is 4.14. The van der Waals surface area contributed by atoms with E-state index >= 15 is 0 Å². The van der Waals surface area contributed by atoms with Gasteiger partial charge in [-0.3, -0.25) is 4.79 Å². The summed E-state index contributed by atoms with van der Waals surface area (Å²) in [5.74, 6) is -0.634. The molecule has 22 heavy (non-hydrogen) atoms. The van der Waals surface area contributed by atoms with Gasteiger partial charge in [-0.1, -0.05) is 23.8 Å². The number of aryl methyl sites for hydroxylation is 2. The van der Waals surface area contributed by atoms with E-state index in [4.69, 9.17) is 4.74 Å². The summed E-state index contributed by atoms with van der Waals surface area (Å²) >= 11 is 1.21. The Morgan fingerprint density at radius 3 is 2.77 bits per heavy atom. The first kappa shape index (κ1) is 16.2. The SMILES string of the molecule is CCOC(=O)c1csc(NC(=O)Cc2ccc(C)cc2C)n1. The topological polar surface area (TPSA) is 68.3 Å². The van der Waals surface area contributed by atoms with Crippen LogP contribution in [0.2, 0.25) is 0 Å². The highest BCUT2D eigenvalue weighted by Gasteiger charge is 2.13. The van der Waals surface area contributed by atoms with Gasteiger partial charge in [-0.2, -0.15) is 0 Å². The van der Waals surface area contributed by atoms with E-state index in [1.807, 2.05) is 32.0 Å². The van der Waals surface area contributed by atoms with Crippen molar-refractivity contribution in [1.29, 1.82) is 0 Å². The summed E-state index contributed by atoms with van der Waals surface area (Å²) in [5, 5.41) is 4.69. The van der Waals surface area contributed by atoms with E-state index in [0.29, 0.717) is 11.7 Å². The molecule has 0 aliphatic rings. The van der Waals surface area contributed by atoms with Crippen LogP contribution in [0.15, 0.2) is 23.6 Å². The van der Waals surface area contributed by atoms with Gasteiger partial charge in [0.2, 0.25) is 5.91 Å². The van der Waals surface area contributed by atoms with Crippen molar-refractivity contribution in [2.75, 3.05) is 11.9 Å². The van der Waals surface area contributed by atoms with Crippen LogP contribution in [0.25, 0.3) is 0 Å². The molecule has 6 heteroatoms. The van der Waals surface area contributed by atoms with Gasteiger partial charge in [0.05, 0.1) is 13.0 Å². The fourth-order valence-corrected chi connectivity index (χ4v) is 2.71. The number of ether oxygens (including phenoxy) is 1. The average Bonchev–Trinajstić information content (AvgIpc) is 2.91. The number of hydrogen-bond acceptors (Lipinski definition) is 5. The van der Waals surface area contributed by atoms with Crippen LogP contribution < -0.4 is 5.32 Å². The second-order valence-corrected chi connectivity index (χ2v) is 5.77. The number of thiazole rings is 1. The summed E-state index contributed by atoms with van der Waals surface area (Å²) in [6.45, 7) is 6.03. The number of anilines is 1. The van der Waals surface area contributed by atoms with Crippen molar-refractivity contribution in [3.8, 4) is 0 Å². The van der Waals surface area contributed by atoms with Gasteiger partial charge in [-0.15, -0.1) is 11.3 Å². The number of aromatic nitrogens is 1. The number of amides is 1. The molecule has 5 nitrogen and oxygen atoms in total. The third-order valence-corrected chi connectivity index (χ3v) is 3.84. The predicted octanol–water partition coefficient (Wildman–Crippen LogP) is 3.12. The summed E-state index contributed by atoms with van der Waals surface area (Å²) in [4.78, 5) is 27.6. The lowest BCUT2D eigenvalue weighted by Crippen LogP contribution is -2.15. The zero-order valence-corrected chi connectivity index (χ0v) is 13.6. The minimum Gasteiger partial charge on any atom is -0.461 e. The summed E-state index contributed by atoms with van der Waals surface area (Å²) in [6.07, 6.45) is 0.278. The van der Waals surface area contributed by atoms with Gasteiger partial charge < -0.3 is 10.1 Å². The predicted molar refractivity (Wildman–Crippen MR) is 86.3 cm³/mol. The van der Waals surface area contributed by atoms with Crippen LogP contribution in [-0.4, -0.2) is 23.5 Å². The van der Waals surface area contributed by atoms with Crippen molar-refractivity contribution in [3.05, 3.63) is 46.0 Å². The van der Waals surface area contributed by atoms with Crippen LogP contribution >= 0.6 is 11.3 Å². The number of hydrogen-bond donors (Lipinski definition) is 1. The van der Waals surface area contributed by atoms with Crippen molar-refractivity contribution in [3.63, 3.8) is 0 Å². The van der Waals surface area contributed by atoms with Gasteiger partial charge >= 0.3 is 5.97 Å². The molecule has 1 N–H and O–H groups in total. The highest BCUT2D eigenvalue weighted by atomic mass is 32.1. The monoisotopic (exact) mass is 318 g/mol. The average molecular weight is 318 g/mol.